The largest absolute Gasteiger partial charge is 0.256 e. The van der Waals surface area contributed by atoms with Crippen molar-refractivity contribution in [2.45, 2.75) is 271 Å². The lowest BCUT2D eigenvalue weighted by Crippen LogP contribution is -2.37. The summed E-state index contributed by atoms with van der Waals surface area (Å²) < 4.78 is 5.28. The Bertz CT molecular complexity index is 722. The zero-order chi connectivity index (χ0) is 33.7. The van der Waals surface area contributed by atoms with E-state index in [1.165, 1.54) is 251 Å². The second kappa shape index (κ2) is 36.5. The van der Waals surface area contributed by atoms with Crippen LogP contribution in [0.1, 0.15) is 258 Å². The third-order valence-corrected chi connectivity index (χ3v) is 10.8. The number of nitrogens with zero attached hydrogens (tertiary/aromatic N) is 2. The number of imidazole rings is 1. The Morgan fingerprint density at radius 3 is 1.02 bits per heavy atom. The van der Waals surface area contributed by atoms with Gasteiger partial charge in [-0.2, -0.15) is 0 Å². The summed E-state index contributed by atoms with van der Waals surface area (Å²) in [6, 6.07) is 0. The molecule has 0 saturated heterocycles. The molecule has 0 atom stereocenters. The molecule has 1 aromatic heterocycles. The highest BCUT2D eigenvalue weighted by Gasteiger charge is 2.16. The van der Waals surface area contributed by atoms with Crippen LogP contribution in [0, 0.1) is 0 Å². The van der Waals surface area contributed by atoms with Gasteiger partial charge in [-0.15, -0.1) is 0 Å². The molecular formula is C45H89N2+. The van der Waals surface area contributed by atoms with Crippen molar-refractivity contribution in [1.29, 1.82) is 0 Å². The number of hydrogen-bond acceptors (Lipinski definition) is 0. The monoisotopic (exact) mass is 658 g/mol. The normalized spacial score (nSPS) is 11.6. The van der Waals surface area contributed by atoms with Crippen LogP contribution in [0.5, 0.6) is 0 Å². The number of unbranched alkanes of at least 4 members (excludes halogenated alkanes) is 33. The summed E-state index contributed by atoms with van der Waals surface area (Å²) in [6.07, 6.45) is 57.9. The summed E-state index contributed by atoms with van der Waals surface area (Å²) >= 11 is 0. The van der Waals surface area contributed by atoms with Gasteiger partial charge < -0.3 is 0 Å². The molecule has 0 aliphatic heterocycles. The maximum absolute atomic E-state index is 2.64. The minimum atomic E-state index is 1.23. The van der Waals surface area contributed by atoms with Crippen LogP contribution in [0.15, 0.2) is 12.4 Å². The van der Waals surface area contributed by atoms with E-state index in [0.717, 1.165) is 0 Å². The van der Waals surface area contributed by atoms with Gasteiger partial charge in [-0.25, -0.2) is 9.13 Å². The zero-order valence-corrected chi connectivity index (χ0v) is 33.1. The highest BCUT2D eigenvalue weighted by molar-refractivity contribution is 4.84. The first kappa shape index (κ1) is 44.2. The van der Waals surface area contributed by atoms with E-state index in [9.17, 15) is 0 Å². The van der Waals surface area contributed by atoms with E-state index in [1.54, 1.807) is 5.82 Å². The Balaban J connectivity index is 2.22. The molecule has 0 aromatic carbocycles. The van der Waals surface area contributed by atoms with Gasteiger partial charge >= 0.3 is 0 Å². The zero-order valence-electron chi connectivity index (χ0n) is 33.1. The van der Waals surface area contributed by atoms with Gasteiger partial charge in [0, 0.05) is 6.42 Å². The molecule has 0 aliphatic carbocycles. The predicted molar refractivity (Wildman–Crippen MR) is 212 cm³/mol. The van der Waals surface area contributed by atoms with E-state index < -0.39 is 0 Å². The third-order valence-electron chi connectivity index (χ3n) is 10.8. The summed E-state index contributed by atoms with van der Waals surface area (Å²) in [7, 11) is 0. The lowest BCUT2D eigenvalue weighted by Gasteiger charge is -2.07. The summed E-state index contributed by atoms with van der Waals surface area (Å²) in [5, 5.41) is 0. The first-order chi connectivity index (χ1) is 23.3. The molecule has 0 N–H and O–H groups in total. The topological polar surface area (TPSA) is 8.81 Å². The van der Waals surface area contributed by atoms with Crippen LogP contribution in [0.2, 0.25) is 0 Å². The fraction of sp³-hybridized carbons (Fsp3) is 0.933. The average Bonchev–Trinajstić information content (AvgIpc) is 3.47. The van der Waals surface area contributed by atoms with Gasteiger partial charge in [0.25, 0.3) is 5.82 Å². The second-order valence-corrected chi connectivity index (χ2v) is 15.5. The second-order valence-electron chi connectivity index (χ2n) is 15.5. The van der Waals surface area contributed by atoms with E-state index in [-0.39, 0.29) is 0 Å². The van der Waals surface area contributed by atoms with E-state index >= 15 is 0 Å². The molecule has 1 rings (SSSR count). The van der Waals surface area contributed by atoms with Crippen LogP contribution in [0.4, 0.5) is 0 Å². The molecule has 0 unspecified atom stereocenters. The molecule has 1 heterocycles. The highest BCUT2D eigenvalue weighted by atomic mass is 15.1. The predicted octanol–water partition coefficient (Wildman–Crippen LogP) is 15.4. The fourth-order valence-corrected chi connectivity index (χ4v) is 7.56. The fourth-order valence-electron chi connectivity index (χ4n) is 7.56. The summed E-state index contributed by atoms with van der Waals surface area (Å²) in [4.78, 5) is 0. The highest BCUT2D eigenvalue weighted by Crippen LogP contribution is 2.16. The molecule has 0 saturated carbocycles. The summed E-state index contributed by atoms with van der Waals surface area (Å²) in [5.74, 6) is 1.63. The molecule has 0 radical (unpaired) electrons. The molecule has 0 aliphatic rings. The van der Waals surface area contributed by atoms with Crippen LogP contribution in [0.25, 0.3) is 0 Å². The number of aryl methyl sites for hydroxylation is 2. The maximum atomic E-state index is 2.64. The smallest absolute Gasteiger partial charge is 0.234 e. The van der Waals surface area contributed by atoms with Crippen LogP contribution >= 0.6 is 0 Å². The molecule has 0 spiro atoms. The average molecular weight is 658 g/mol. The van der Waals surface area contributed by atoms with Gasteiger partial charge in [-0.3, -0.25) is 0 Å². The van der Waals surface area contributed by atoms with Crippen molar-refractivity contribution in [3.63, 3.8) is 0 Å². The number of hydrogen-bond donors (Lipinski definition) is 0. The Morgan fingerprint density at radius 2 is 0.660 bits per heavy atom. The van der Waals surface area contributed by atoms with E-state index in [0.29, 0.717) is 0 Å². The summed E-state index contributed by atoms with van der Waals surface area (Å²) in [5.41, 5.74) is 0. The lowest BCUT2D eigenvalue weighted by molar-refractivity contribution is -0.704. The Hall–Kier alpha value is -0.790. The molecular weight excluding hydrogens is 569 g/mol. The van der Waals surface area contributed by atoms with Gasteiger partial charge in [0.1, 0.15) is 12.4 Å². The Kier molecular flexibility index (Phi) is 34.3. The van der Waals surface area contributed by atoms with Gasteiger partial charge in [-0.1, -0.05) is 220 Å². The minimum absolute atomic E-state index is 1.23. The third kappa shape index (κ3) is 28.7. The number of rotatable bonds is 39. The minimum Gasteiger partial charge on any atom is -0.234 e. The van der Waals surface area contributed by atoms with E-state index in [1.807, 2.05) is 0 Å². The molecule has 47 heavy (non-hydrogen) atoms. The van der Waals surface area contributed by atoms with Crippen molar-refractivity contribution < 1.29 is 4.57 Å². The Morgan fingerprint density at radius 1 is 0.362 bits per heavy atom. The van der Waals surface area contributed by atoms with Crippen molar-refractivity contribution >= 4 is 0 Å². The van der Waals surface area contributed by atoms with Gasteiger partial charge in [0.2, 0.25) is 0 Å². The molecule has 0 bridgehead atoms. The molecule has 2 heteroatoms. The van der Waals surface area contributed by atoms with Crippen molar-refractivity contribution in [1.82, 2.24) is 4.57 Å². The van der Waals surface area contributed by atoms with Gasteiger partial charge in [0.05, 0.1) is 13.1 Å². The van der Waals surface area contributed by atoms with E-state index in [2.05, 4.69) is 42.3 Å². The molecule has 0 fully saturated rings. The Labute approximate surface area is 298 Å². The molecule has 2 nitrogen and oxygen atoms in total. The van der Waals surface area contributed by atoms with E-state index in [4.69, 9.17) is 0 Å². The molecule has 0 amide bonds. The molecule has 1 aromatic rings. The van der Waals surface area contributed by atoms with Gasteiger partial charge in [-0.05, 0) is 32.1 Å². The molecule has 278 valence electrons. The first-order valence-electron chi connectivity index (χ1n) is 22.4. The van der Waals surface area contributed by atoms with Crippen LogP contribution in [0.3, 0.4) is 0 Å². The van der Waals surface area contributed by atoms with Crippen molar-refractivity contribution in [3.8, 4) is 0 Å². The SMILES string of the molecule is CCCCCCCCCCCCCCCCCCc1n(CCCCCCCCC)cc[n+]1CCCCCCCCCCCCCCC. The lowest BCUT2D eigenvalue weighted by atomic mass is 10.0. The summed E-state index contributed by atoms with van der Waals surface area (Å²) in [6.45, 7) is 9.41. The van der Waals surface area contributed by atoms with Crippen molar-refractivity contribution in [3.05, 3.63) is 18.2 Å². The van der Waals surface area contributed by atoms with Crippen molar-refractivity contribution in [2.24, 2.45) is 0 Å². The standard InChI is InChI=1S/C45H89N2/c1-4-7-10-13-16-18-20-22-23-24-25-27-29-31-34-37-40-45-46(41-38-35-32-15-12-9-6-3)43-44-47(45)42-39-36-33-30-28-26-21-19-17-14-11-8-5-2/h43-44H,4-42H2,1-3H3/q+1. The first-order valence-corrected chi connectivity index (χ1v) is 22.4. The van der Waals surface area contributed by atoms with Gasteiger partial charge in [0.15, 0.2) is 0 Å². The maximum Gasteiger partial charge on any atom is 0.256 e. The van der Waals surface area contributed by atoms with Crippen LogP contribution in [-0.4, -0.2) is 4.57 Å². The van der Waals surface area contributed by atoms with Crippen LogP contribution in [-0.2, 0) is 19.5 Å². The van der Waals surface area contributed by atoms with Crippen molar-refractivity contribution in [2.75, 3.05) is 0 Å². The number of aromatic nitrogens is 2. The van der Waals surface area contributed by atoms with Crippen LogP contribution < -0.4 is 4.57 Å². The quantitative estimate of drug-likeness (QED) is 0.0492.